The van der Waals surface area contributed by atoms with E-state index in [9.17, 15) is 4.39 Å². The van der Waals surface area contributed by atoms with Gasteiger partial charge < -0.3 is 5.32 Å². The summed E-state index contributed by atoms with van der Waals surface area (Å²) in [7, 11) is 1.57. The average molecular weight is 182 g/mol. The molecule has 0 aromatic heterocycles. The van der Waals surface area contributed by atoms with Crippen molar-refractivity contribution in [2.24, 2.45) is 10.8 Å². The molecule has 0 aliphatic heterocycles. The minimum Gasteiger partial charge on any atom is -0.325 e. The van der Waals surface area contributed by atoms with Crippen molar-refractivity contribution in [2.45, 2.75) is 0 Å². The van der Waals surface area contributed by atoms with Gasteiger partial charge in [0.2, 0.25) is 5.96 Å². The van der Waals surface area contributed by atoms with E-state index >= 15 is 0 Å². The molecule has 0 saturated carbocycles. The van der Waals surface area contributed by atoms with Crippen LogP contribution in [-0.2, 0) is 0 Å². The van der Waals surface area contributed by atoms with Crippen LogP contribution in [0.1, 0.15) is 0 Å². The van der Waals surface area contributed by atoms with E-state index in [-0.39, 0.29) is 5.82 Å². The van der Waals surface area contributed by atoms with Gasteiger partial charge >= 0.3 is 0 Å². The van der Waals surface area contributed by atoms with Gasteiger partial charge in [0.25, 0.3) is 0 Å². The van der Waals surface area contributed by atoms with Crippen molar-refractivity contribution >= 4 is 11.6 Å². The van der Waals surface area contributed by atoms with Crippen LogP contribution in [0.5, 0.6) is 0 Å². The molecule has 13 heavy (non-hydrogen) atoms. The monoisotopic (exact) mass is 182 g/mol. The Morgan fingerprint density at radius 3 is 2.85 bits per heavy atom. The molecule has 1 aromatic rings. The molecule has 1 aromatic carbocycles. The number of hydrogen-bond acceptors (Lipinski definition) is 2. The van der Waals surface area contributed by atoms with E-state index in [1.165, 1.54) is 12.1 Å². The normalized spacial score (nSPS) is 11.2. The highest BCUT2D eigenvalue weighted by molar-refractivity contribution is 5.92. The number of guanidine groups is 1. The van der Waals surface area contributed by atoms with Crippen molar-refractivity contribution in [3.8, 4) is 0 Å². The van der Waals surface area contributed by atoms with E-state index in [4.69, 9.17) is 5.84 Å². The first-order valence-electron chi connectivity index (χ1n) is 3.72. The van der Waals surface area contributed by atoms with Crippen molar-refractivity contribution in [1.29, 1.82) is 0 Å². The number of anilines is 1. The maximum Gasteiger partial charge on any atom is 0.209 e. The maximum atomic E-state index is 12.7. The molecule has 4 nitrogen and oxygen atoms in total. The zero-order chi connectivity index (χ0) is 9.68. The molecule has 0 amide bonds. The Balaban J connectivity index is 2.74. The minimum atomic E-state index is -0.308. The highest BCUT2D eigenvalue weighted by atomic mass is 19.1. The summed E-state index contributed by atoms with van der Waals surface area (Å²) in [6, 6.07) is 6.03. The molecule has 0 bridgehead atoms. The number of hydrogen-bond donors (Lipinski definition) is 3. The van der Waals surface area contributed by atoms with Crippen LogP contribution in [0.4, 0.5) is 10.1 Å². The lowest BCUT2D eigenvalue weighted by atomic mass is 10.3. The fourth-order valence-electron chi connectivity index (χ4n) is 0.859. The zero-order valence-corrected chi connectivity index (χ0v) is 7.21. The topological polar surface area (TPSA) is 62.4 Å². The molecule has 0 spiro atoms. The van der Waals surface area contributed by atoms with Crippen LogP contribution in [0.2, 0.25) is 0 Å². The number of rotatable bonds is 1. The van der Waals surface area contributed by atoms with Gasteiger partial charge in [-0.1, -0.05) is 6.07 Å². The van der Waals surface area contributed by atoms with E-state index in [0.29, 0.717) is 11.6 Å². The van der Waals surface area contributed by atoms with E-state index in [1.54, 1.807) is 19.2 Å². The van der Waals surface area contributed by atoms with Crippen LogP contribution in [0.3, 0.4) is 0 Å². The second-order valence-electron chi connectivity index (χ2n) is 2.35. The Morgan fingerprint density at radius 2 is 2.31 bits per heavy atom. The highest BCUT2D eigenvalue weighted by Gasteiger charge is 1.96. The predicted octanol–water partition coefficient (Wildman–Crippen LogP) is 0.687. The summed E-state index contributed by atoms with van der Waals surface area (Å²) in [5, 5.41) is 2.79. The van der Waals surface area contributed by atoms with E-state index in [0.717, 1.165) is 0 Å². The average Bonchev–Trinajstić information content (AvgIpc) is 2.14. The first kappa shape index (κ1) is 9.47. The molecule has 4 N–H and O–H groups in total. The van der Waals surface area contributed by atoms with Gasteiger partial charge in [-0.2, -0.15) is 0 Å². The lowest BCUT2D eigenvalue weighted by Gasteiger charge is -2.07. The van der Waals surface area contributed by atoms with Crippen LogP contribution in [0.25, 0.3) is 0 Å². The molecule has 0 aliphatic carbocycles. The Kier molecular flexibility index (Phi) is 3.22. The molecule has 0 unspecified atom stereocenters. The number of halogens is 1. The van der Waals surface area contributed by atoms with Gasteiger partial charge in [0, 0.05) is 12.7 Å². The molecule has 0 aliphatic rings. The molecule has 0 heterocycles. The number of nitrogens with zero attached hydrogens (tertiary/aromatic N) is 1. The van der Waals surface area contributed by atoms with Crippen LogP contribution in [0.15, 0.2) is 29.3 Å². The number of nitrogens with one attached hydrogen (secondary N) is 2. The summed E-state index contributed by atoms with van der Waals surface area (Å²) in [6.45, 7) is 0. The van der Waals surface area contributed by atoms with Crippen molar-refractivity contribution in [3.05, 3.63) is 30.1 Å². The predicted molar refractivity (Wildman–Crippen MR) is 50.7 cm³/mol. The smallest absolute Gasteiger partial charge is 0.209 e. The van der Waals surface area contributed by atoms with Gasteiger partial charge in [-0.15, -0.1) is 0 Å². The number of aliphatic imine (C=N–C) groups is 1. The third kappa shape index (κ3) is 2.72. The Bertz CT molecular complexity index is 311. The molecule has 0 radical (unpaired) electrons. The molecule has 70 valence electrons. The summed E-state index contributed by atoms with van der Waals surface area (Å²) >= 11 is 0. The quantitative estimate of drug-likeness (QED) is 0.259. The van der Waals surface area contributed by atoms with Gasteiger partial charge in [-0.3, -0.25) is 10.4 Å². The van der Waals surface area contributed by atoms with Crippen LogP contribution < -0.4 is 16.6 Å². The standard InChI is InChI=1S/C8H11FN4/c1-11-8(13-10)12-7-4-2-3-6(9)5-7/h2-5H,10H2,1H3,(H2,11,12,13). The SMILES string of the molecule is CN=C(NN)Nc1cccc(F)c1. The Hall–Kier alpha value is -1.62. The van der Waals surface area contributed by atoms with Gasteiger partial charge in [-0.05, 0) is 18.2 Å². The second kappa shape index (κ2) is 4.42. The highest BCUT2D eigenvalue weighted by Crippen LogP contribution is 2.08. The maximum absolute atomic E-state index is 12.7. The van der Waals surface area contributed by atoms with E-state index < -0.39 is 0 Å². The van der Waals surface area contributed by atoms with E-state index in [1.807, 2.05) is 0 Å². The fraction of sp³-hybridized carbons (Fsp3) is 0.125. The summed E-state index contributed by atoms with van der Waals surface area (Å²) < 4.78 is 12.7. The Labute approximate surface area is 75.6 Å². The van der Waals surface area contributed by atoms with Crippen molar-refractivity contribution in [2.75, 3.05) is 12.4 Å². The molecule has 5 heteroatoms. The van der Waals surface area contributed by atoms with Crippen LogP contribution in [0, 0.1) is 5.82 Å². The van der Waals surface area contributed by atoms with E-state index in [2.05, 4.69) is 15.7 Å². The van der Waals surface area contributed by atoms with Crippen molar-refractivity contribution in [1.82, 2.24) is 5.43 Å². The molecule has 0 saturated heterocycles. The van der Waals surface area contributed by atoms with Crippen molar-refractivity contribution in [3.63, 3.8) is 0 Å². The fourth-order valence-corrected chi connectivity index (χ4v) is 0.859. The van der Waals surface area contributed by atoms with Gasteiger partial charge in [0.1, 0.15) is 5.82 Å². The van der Waals surface area contributed by atoms with Crippen LogP contribution >= 0.6 is 0 Å². The Morgan fingerprint density at radius 1 is 1.54 bits per heavy atom. The molecule has 1 rings (SSSR count). The molecular formula is C8H11FN4. The summed E-state index contributed by atoms with van der Waals surface area (Å²) in [6.07, 6.45) is 0. The molecule has 0 fully saturated rings. The summed E-state index contributed by atoms with van der Waals surface area (Å²) in [5.74, 6) is 5.20. The third-order valence-electron chi connectivity index (χ3n) is 1.45. The second-order valence-corrected chi connectivity index (χ2v) is 2.35. The van der Waals surface area contributed by atoms with Gasteiger partial charge in [-0.25, -0.2) is 10.2 Å². The van der Waals surface area contributed by atoms with Crippen LogP contribution in [-0.4, -0.2) is 13.0 Å². The third-order valence-corrected chi connectivity index (χ3v) is 1.45. The lowest BCUT2D eigenvalue weighted by Crippen LogP contribution is -2.36. The summed E-state index contributed by atoms with van der Waals surface area (Å²) in [5.41, 5.74) is 2.93. The minimum absolute atomic E-state index is 0.308. The first-order valence-corrected chi connectivity index (χ1v) is 3.72. The molecular weight excluding hydrogens is 171 g/mol. The van der Waals surface area contributed by atoms with Gasteiger partial charge in [0.15, 0.2) is 0 Å². The lowest BCUT2D eigenvalue weighted by molar-refractivity contribution is 0.628. The number of nitrogens with two attached hydrogens (primary N) is 1. The molecule has 0 atom stereocenters. The number of benzene rings is 1. The first-order chi connectivity index (χ1) is 6.26. The van der Waals surface area contributed by atoms with Crippen molar-refractivity contribution < 1.29 is 4.39 Å². The number of hydrazine groups is 1. The largest absolute Gasteiger partial charge is 0.325 e. The van der Waals surface area contributed by atoms with Gasteiger partial charge in [0.05, 0.1) is 0 Å². The summed E-state index contributed by atoms with van der Waals surface area (Å²) in [4.78, 5) is 3.78. The zero-order valence-electron chi connectivity index (χ0n) is 7.21.